The van der Waals surface area contributed by atoms with Crippen molar-refractivity contribution in [2.24, 2.45) is 4.99 Å². The molecule has 0 saturated heterocycles. The van der Waals surface area contributed by atoms with E-state index in [0.29, 0.717) is 38.1 Å². The van der Waals surface area contributed by atoms with Crippen molar-refractivity contribution in [3.63, 3.8) is 0 Å². The minimum atomic E-state index is -4.67. The van der Waals surface area contributed by atoms with Crippen molar-refractivity contribution in [3.05, 3.63) is 35.1 Å². The van der Waals surface area contributed by atoms with Crippen molar-refractivity contribution >= 4 is 16.0 Å². The average molecular weight is 426 g/mol. The molecule has 1 rings (SSSR count). The average Bonchev–Trinajstić information content (AvgIpc) is 2.62. The second kappa shape index (κ2) is 10.6. The molecule has 28 heavy (non-hydrogen) atoms. The number of rotatable bonds is 9. The fraction of sp³-hybridized carbons (Fsp3) is 0.588. The lowest BCUT2D eigenvalue weighted by molar-refractivity contribution is -0.138. The van der Waals surface area contributed by atoms with Crippen LogP contribution in [0.5, 0.6) is 0 Å². The number of hydrogen-bond donors (Lipinski definition) is 2. The Morgan fingerprint density at radius 2 is 1.89 bits per heavy atom. The van der Waals surface area contributed by atoms with Gasteiger partial charge in [0.25, 0.3) is 0 Å². The first kappa shape index (κ1) is 24.2. The minimum Gasteiger partial charge on any atom is -0.357 e. The molecule has 0 aliphatic heterocycles. The second-order valence-electron chi connectivity index (χ2n) is 6.00. The molecule has 0 spiro atoms. The minimum absolute atomic E-state index is 0.0141. The largest absolute Gasteiger partial charge is 0.416 e. The van der Waals surface area contributed by atoms with Gasteiger partial charge in [0.1, 0.15) is 5.82 Å². The van der Waals surface area contributed by atoms with Gasteiger partial charge in [0.15, 0.2) is 5.96 Å². The van der Waals surface area contributed by atoms with Crippen LogP contribution in [0.15, 0.2) is 23.2 Å². The van der Waals surface area contributed by atoms with Gasteiger partial charge >= 0.3 is 6.18 Å². The lowest BCUT2D eigenvalue weighted by atomic mass is 10.1. The predicted octanol–water partition coefficient (Wildman–Crippen LogP) is 2.57. The lowest BCUT2D eigenvalue weighted by Crippen LogP contribution is -2.39. The number of aliphatic imine (C=N–C) groups is 1. The van der Waals surface area contributed by atoms with Gasteiger partial charge in [0.05, 0.1) is 17.9 Å². The van der Waals surface area contributed by atoms with Crippen LogP contribution in [-0.2, 0) is 22.7 Å². The number of halogens is 4. The van der Waals surface area contributed by atoms with Crippen molar-refractivity contribution in [3.8, 4) is 0 Å². The van der Waals surface area contributed by atoms with E-state index in [9.17, 15) is 26.0 Å². The van der Waals surface area contributed by atoms with Crippen LogP contribution in [0.1, 0.15) is 31.4 Å². The van der Waals surface area contributed by atoms with Gasteiger partial charge < -0.3 is 10.6 Å². The van der Waals surface area contributed by atoms with E-state index in [2.05, 4.69) is 15.6 Å². The van der Waals surface area contributed by atoms with Crippen LogP contribution in [0.25, 0.3) is 0 Å². The maximum absolute atomic E-state index is 13.2. The Kier molecular flexibility index (Phi) is 9.15. The topological polar surface area (TPSA) is 73.8 Å². The molecule has 0 heterocycles. The first-order valence-electron chi connectivity index (χ1n) is 8.83. The van der Waals surface area contributed by atoms with Gasteiger partial charge in [-0.3, -0.25) is 0 Å². The number of sulfonamides is 1. The van der Waals surface area contributed by atoms with E-state index in [1.54, 1.807) is 13.8 Å². The summed E-state index contributed by atoms with van der Waals surface area (Å²) in [7, 11) is -1.76. The number of hydrogen-bond acceptors (Lipinski definition) is 3. The van der Waals surface area contributed by atoms with Gasteiger partial charge in [-0.1, -0.05) is 6.07 Å². The van der Waals surface area contributed by atoms with Crippen LogP contribution < -0.4 is 10.6 Å². The molecule has 0 amide bonds. The monoisotopic (exact) mass is 426 g/mol. The lowest BCUT2D eigenvalue weighted by Gasteiger charge is -2.17. The molecular formula is C17H26F4N4O2S. The number of nitrogens with zero attached hydrogens (tertiary/aromatic N) is 2. The van der Waals surface area contributed by atoms with Gasteiger partial charge in [-0.15, -0.1) is 0 Å². The smallest absolute Gasteiger partial charge is 0.357 e. The molecule has 160 valence electrons. The first-order valence-corrected chi connectivity index (χ1v) is 10.4. The van der Waals surface area contributed by atoms with Crippen LogP contribution in [0, 0.1) is 5.82 Å². The number of nitrogens with one attached hydrogen (secondary N) is 2. The van der Waals surface area contributed by atoms with Crippen LogP contribution >= 0.6 is 0 Å². The van der Waals surface area contributed by atoms with Gasteiger partial charge in [0.2, 0.25) is 10.0 Å². The molecule has 0 radical (unpaired) electrons. The van der Waals surface area contributed by atoms with E-state index >= 15 is 0 Å². The highest BCUT2D eigenvalue weighted by Gasteiger charge is 2.33. The van der Waals surface area contributed by atoms with E-state index in [4.69, 9.17) is 0 Å². The van der Waals surface area contributed by atoms with Crippen LogP contribution in [0.3, 0.4) is 0 Å². The molecule has 0 fully saturated rings. The Bertz CT molecular complexity index is 767. The predicted molar refractivity (Wildman–Crippen MR) is 101 cm³/mol. The van der Waals surface area contributed by atoms with Crippen LogP contribution in [0.4, 0.5) is 17.6 Å². The summed E-state index contributed by atoms with van der Waals surface area (Å²) < 4.78 is 76.9. The van der Waals surface area contributed by atoms with Crippen molar-refractivity contribution < 1.29 is 26.0 Å². The molecule has 0 aliphatic rings. The highest BCUT2D eigenvalue weighted by Crippen LogP contribution is 2.32. The maximum atomic E-state index is 13.2. The fourth-order valence-corrected chi connectivity index (χ4v) is 3.17. The summed E-state index contributed by atoms with van der Waals surface area (Å²) in [5.41, 5.74) is -1.20. The van der Waals surface area contributed by atoms with E-state index < -0.39 is 27.6 Å². The molecule has 6 nitrogen and oxygen atoms in total. The van der Waals surface area contributed by atoms with Gasteiger partial charge in [-0.05, 0) is 38.0 Å². The normalized spacial score (nSPS) is 13.1. The third kappa shape index (κ3) is 7.63. The number of alkyl halides is 3. The van der Waals surface area contributed by atoms with Gasteiger partial charge in [-0.25, -0.2) is 22.1 Å². The number of guanidine groups is 1. The second-order valence-corrected chi connectivity index (χ2v) is 8.36. The van der Waals surface area contributed by atoms with E-state index in [1.807, 2.05) is 0 Å². The quantitative estimate of drug-likeness (QED) is 0.276. The van der Waals surface area contributed by atoms with Gasteiger partial charge in [-0.2, -0.15) is 13.2 Å². The zero-order valence-corrected chi connectivity index (χ0v) is 16.9. The van der Waals surface area contributed by atoms with Crippen molar-refractivity contribution in [1.82, 2.24) is 14.9 Å². The molecule has 0 atom stereocenters. The van der Waals surface area contributed by atoms with Crippen LogP contribution in [-0.4, -0.2) is 51.1 Å². The molecule has 0 aromatic heterocycles. The first-order chi connectivity index (χ1) is 13.0. The molecule has 0 bridgehead atoms. The van der Waals surface area contributed by atoms with E-state index in [1.165, 1.54) is 11.4 Å². The third-order valence-electron chi connectivity index (χ3n) is 3.91. The van der Waals surface area contributed by atoms with Crippen molar-refractivity contribution in [1.29, 1.82) is 0 Å². The Hall–Kier alpha value is -1.88. The fourth-order valence-electron chi connectivity index (χ4n) is 2.32. The Balaban J connectivity index is 2.73. The zero-order valence-electron chi connectivity index (χ0n) is 16.1. The van der Waals surface area contributed by atoms with Crippen molar-refractivity contribution in [2.75, 3.05) is 32.4 Å². The standard InChI is InChI=1S/C17H26F4N4O2S/c1-4-22-16(23-9-6-10-25(3)28(26,27)5-2)24-12-13-7-8-14(18)11-15(13)17(19,20)21/h7-8,11H,4-6,9-10,12H2,1-3H3,(H2,22,23,24). The van der Waals surface area contributed by atoms with E-state index in [-0.39, 0.29) is 17.9 Å². The highest BCUT2D eigenvalue weighted by atomic mass is 32.2. The Morgan fingerprint density at radius 1 is 1.21 bits per heavy atom. The summed E-state index contributed by atoms with van der Waals surface area (Å²) in [5.74, 6) is -0.655. The molecule has 0 saturated carbocycles. The van der Waals surface area contributed by atoms with Gasteiger partial charge in [0, 0.05) is 26.7 Å². The Morgan fingerprint density at radius 3 is 2.46 bits per heavy atom. The summed E-state index contributed by atoms with van der Waals surface area (Å²) in [4.78, 5) is 4.11. The summed E-state index contributed by atoms with van der Waals surface area (Å²) in [6.07, 6.45) is -4.18. The third-order valence-corrected chi connectivity index (χ3v) is 5.77. The molecule has 0 aliphatic carbocycles. The molecule has 1 aromatic carbocycles. The maximum Gasteiger partial charge on any atom is 0.416 e. The molecule has 2 N–H and O–H groups in total. The highest BCUT2D eigenvalue weighted by molar-refractivity contribution is 7.89. The molecule has 1 aromatic rings. The molecular weight excluding hydrogens is 400 g/mol. The summed E-state index contributed by atoms with van der Waals surface area (Å²) in [6, 6.07) is 2.48. The summed E-state index contributed by atoms with van der Waals surface area (Å²) in [6.45, 7) is 4.26. The zero-order chi connectivity index (χ0) is 21.4. The summed E-state index contributed by atoms with van der Waals surface area (Å²) in [5, 5.41) is 5.85. The summed E-state index contributed by atoms with van der Waals surface area (Å²) >= 11 is 0. The SMILES string of the molecule is CCNC(=NCc1ccc(F)cc1C(F)(F)F)NCCCN(C)S(=O)(=O)CC. The molecule has 11 heteroatoms. The molecule has 0 unspecified atom stereocenters. The van der Waals surface area contributed by atoms with Crippen molar-refractivity contribution in [2.45, 2.75) is 33.0 Å². The Labute approximate surface area is 163 Å². The van der Waals surface area contributed by atoms with E-state index in [0.717, 1.165) is 12.1 Å². The number of benzene rings is 1. The van der Waals surface area contributed by atoms with Crippen LogP contribution in [0.2, 0.25) is 0 Å².